The molecule has 2 N–H and O–H groups in total. The predicted molar refractivity (Wildman–Crippen MR) is 82.3 cm³/mol. The highest BCUT2D eigenvalue weighted by Crippen LogP contribution is 2.42. The summed E-state index contributed by atoms with van der Waals surface area (Å²) >= 11 is 0. The van der Waals surface area contributed by atoms with Gasteiger partial charge in [-0.2, -0.15) is 4.74 Å². The molecule has 1 fully saturated rings. The van der Waals surface area contributed by atoms with Gasteiger partial charge in [0.1, 0.15) is 17.1 Å². The Morgan fingerprint density at radius 2 is 1.91 bits per heavy atom. The van der Waals surface area contributed by atoms with Crippen molar-refractivity contribution in [1.82, 2.24) is 5.06 Å². The largest absolute Gasteiger partial charge is 0.622 e. The van der Waals surface area contributed by atoms with Crippen LogP contribution in [0.5, 0.6) is 0 Å². The second-order valence-corrected chi connectivity index (χ2v) is 6.59. The van der Waals surface area contributed by atoms with Gasteiger partial charge in [-0.25, -0.2) is 4.39 Å². The van der Waals surface area contributed by atoms with Crippen molar-refractivity contribution in [2.24, 2.45) is 5.16 Å². The number of rotatable bonds is 1. The fourth-order valence-corrected chi connectivity index (χ4v) is 3.75. The van der Waals surface area contributed by atoms with Crippen molar-refractivity contribution in [2.45, 2.75) is 50.7 Å². The zero-order valence-corrected chi connectivity index (χ0v) is 13.2. The number of oxime groups is 1. The Labute approximate surface area is 133 Å². The predicted octanol–water partition coefficient (Wildman–Crippen LogP) is 2.71. The molecule has 1 aromatic rings. The molecule has 1 atom stereocenters. The third-order valence-corrected chi connectivity index (χ3v) is 4.89. The maximum absolute atomic E-state index is 13.2. The number of hydroxylamine groups is 3. The van der Waals surface area contributed by atoms with Gasteiger partial charge in [0.25, 0.3) is 5.66 Å². The summed E-state index contributed by atoms with van der Waals surface area (Å²) < 4.78 is 13.9. The molecule has 0 bridgehead atoms. The number of hydrogen-bond donors (Lipinski definition) is 2. The minimum atomic E-state index is -1.40. The van der Waals surface area contributed by atoms with Crippen molar-refractivity contribution < 1.29 is 19.5 Å². The van der Waals surface area contributed by atoms with E-state index in [1.165, 1.54) is 24.3 Å². The zero-order chi connectivity index (χ0) is 16.8. The summed E-state index contributed by atoms with van der Waals surface area (Å²) in [7, 11) is 0. The van der Waals surface area contributed by atoms with Crippen molar-refractivity contribution in [3.8, 4) is 0 Å². The van der Waals surface area contributed by atoms with Crippen molar-refractivity contribution in [2.75, 3.05) is 0 Å². The van der Waals surface area contributed by atoms with Crippen molar-refractivity contribution in [3.05, 3.63) is 40.9 Å². The molecule has 1 spiro atoms. The normalized spacial score (nSPS) is 29.7. The molecule has 124 valence electrons. The topological polar surface area (TPSA) is 82.1 Å². The second kappa shape index (κ2) is 5.28. The molecule has 1 saturated carbocycles. The summed E-state index contributed by atoms with van der Waals surface area (Å²) in [5.41, 5.74) is -1.30. The van der Waals surface area contributed by atoms with Gasteiger partial charge in [0.05, 0.1) is 0 Å². The zero-order valence-electron chi connectivity index (χ0n) is 13.2. The first-order chi connectivity index (χ1) is 10.9. The average molecular weight is 321 g/mol. The molecular weight excluding hydrogens is 301 g/mol. The standard InChI is InChI=1S/C16H20FN3O3/c1-15(2)14(11-6-8-12(17)9-7-11)19(22)16(20(15)23)10-4-3-5-13(16)18-21/h6-9,21,23H,3-5,10H2,1-2H3/b18-13-/t16-/m0/s1. The Balaban J connectivity index is 2.22. The lowest BCUT2D eigenvalue weighted by molar-refractivity contribution is -0.568. The minimum absolute atomic E-state index is 0.256. The van der Waals surface area contributed by atoms with Crippen LogP contribution >= 0.6 is 0 Å². The molecule has 0 unspecified atom stereocenters. The smallest absolute Gasteiger partial charge is 0.293 e. The molecule has 23 heavy (non-hydrogen) atoms. The van der Waals surface area contributed by atoms with E-state index in [0.29, 0.717) is 24.1 Å². The first-order valence-electron chi connectivity index (χ1n) is 7.67. The molecule has 0 amide bonds. The fourth-order valence-electron chi connectivity index (χ4n) is 3.75. The highest BCUT2D eigenvalue weighted by Gasteiger charge is 2.65. The highest BCUT2D eigenvalue weighted by atomic mass is 19.1. The number of halogens is 1. The summed E-state index contributed by atoms with van der Waals surface area (Å²) in [6.07, 6.45) is 2.34. The van der Waals surface area contributed by atoms with E-state index in [-0.39, 0.29) is 5.71 Å². The lowest BCUT2D eigenvalue weighted by Gasteiger charge is -2.38. The molecule has 1 aliphatic heterocycles. The first kappa shape index (κ1) is 15.9. The molecule has 6 nitrogen and oxygen atoms in total. The lowest BCUT2D eigenvalue weighted by Crippen LogP contribution is -2.60. The molecule has 0 saturated heterocycles. The van der Waals surface area contributed by atoms with Crippen LogP contribution in [-0.2, 0) is 0 Å². The average Bonchev–Trinajstić information content (AvgIpc) is 2.68. The fraction of sp³-hybridized carbons (Fsp3) is 0.500. The highest BCUT2D eigenvalue weighted by molar-refractivity contribution is 6.07. The Bertz CT molecular complexity index is 684. The summed E-state index contributed by atoms with van der Waals surface area (Å²) in [4.78, 5) is 0. The maximum atomic E-state index is 13.2. The molecule has 0 aromatic heterocycles. The van der Waals surface area contributed by atoms with Gasteiger partial charge in [-0.3, -0.25) is 0 Å². The van der Waals surface area contributed by atoms with Crippen LogP contribution < -0.4 is 0 Å². The SMILES string of the molecule is CC1(C)C(c2ccc(F)cc2)=[N+]([O-])[C@@]2(CCCC/C2=N/O)N1O. The van der Waals surface area contributed by atoms with Crippen LogP contribution in [0.1, 0.15) is 45.1 Å². The Kier molecular flexibility index (Phi) is 3.65. The summed E-state index contributed by atoms with van der Waals surface area (Å²) in [6, 6.07) is 5.59. The Morgan fingerprint density at radius 1 is 1.26 bits per heavy atom. The van der Waals surface area contributed by atoms with E-state index in [2.05, 4.69) is 5.16 Å². The van der Waals surface area contributed by atoms with E-state index < -0.39 is 17.0 Å². The quantitative estimate of drug-likeness (QED) is 0.361. The van der Waals surface area contributed by atoms with Crippen LogP contribution in [0.3, 0.4) is 0 Å². The van der Waals surface area contributed by atoms with E-state index >= 15 is 0 Å². The third-order valence-electron chi connectivity index (χ3n) is 4.89. The van der Waals surface area contributed by atoms with Gasteiger partial charge in [-0.15, -0.1) is 5.06 Å². The number of benzene rings is 1. The maximum Gasteiger partial charge on any atom is 0.293 e. The van der Waals surface area contributed by atoms with E-state index in [4.69, 9.17) is 0 Å². The van der Waals surface area contributed by atoms with Gasteiger partial charge >= 0.3 is 0 Å². The van der Waals surface area contributed by atoms with Gasteiger partial charge in [0.15, 0.2) is 0 Å². The van der Waals surface area contributed by atoms with Crippen LogP contribution in [0, 0.1) is 11.0 Å². The second-order valence-electron chi connectivity index (χ2n) is 6.59. The molecule has 1 heterocycles. The molecule has 7 heteroatoms. The van der Waals surface area contributed by atoms with E-state index in [1.807, 2.05) is 0 Å². The van der Waals surface area contributed by atoms with Crippen LogP contribution in [0.15, 0.2) is 29.4 Å². The molecule has 1 aromatic carbocycles. The lowest BCUT2D eigenvalue weighted by atomic mass is 9.86. The van der Waals surface area contributed by atoms with Crippen molar-refractivity contribution in [1.29, 1.82) is 0 Å². The molecule has 2 aliphatic rings. The summed E-state index contributed by atoms with van der Waals surface area (Å²) in [5.74, 6) is -0.395. The number of nitrogens with zero attached hydrogens (tertiary/aromatic N) is 3. The van der Waals surface area contributed by atoms with Crippen molar-refractivity contribution >= 4 is 11.4 Å². The van der Waals surface area contributed by atoms with Crippen LogP contribution in [0.2, 0.25) is 0 Å². The summed E-state index contributed by atoms with van der Waals surface area (Å²) in [6.45, 7) is 3.43. The molecule has 0 radical (unpaired) electrons. The van der Waals surface area contributed by atoms with Gasteiger partial charge < -0.3 is 15.6 Å². The Hall–Kier alpha value is -1.99. The number of hydrogen-bond acceptors (Lipinski definition) is 5. The molecular formula is C16H20FN3O3. The summed E-state index contributed by atoms with van der Waals surface area (Å²) in [5, 5.41) is 37.6. The van der Waals surface area contributed by atoms with Crippen LogP contribution in [-0.4, -0.2) is 42.8 Å². The molecule has 3 rings (SSSR count). The van der Waals surface area contributed by atoms with Gasteiger partial charge in [-0.05, 0) is 57.4 Å². The van der Waals surface area contributed by atoms with E-state index in [1.54, 1.807) is 13.8 Å². The van der Waals surface area contributed by atoms with Crippen LogP contribution in [0.25, 0.3) is 0 Å². The van der Waals surface area contributed by atoms with Crippen LogP contribution in [0.4, 0.5) is 4.39 Å². The van der Waals surface area contributed by atoms with Gasteiger partial charge in [-0.1, -0.05) is 5.16 Å². The van der Waals surface area contributed by atoms with Gasteiger partial charge in [0.2, 0.25) is 5.71 Å². The minimum Gasteiger partial charge on any atom is -0.622 e. The van der Waals surface area contributed by atoms with Crippen molar-refractivity contribution in [3.63, 3.8) is 0 Å². The first-order valence-corrected chi connectivity index (χ1v) is 7.67. The van der Waals surface area contributed by atoms with Gasteiger partial charge in [0, 0.05) is 12.0 Å². The monoisotopic (exact) mass is 321 g/mol. The third kappa shape index (κ3) is 2.07. The Morgan fingerprint density at radius 3 is 2.52 bits per heavy atom. The molecule has 1 aliphatic carbocycles. The van der Waals surface area contributed by atoms with E-state index in [0.717, 1.165) is 22.6 Å². The van der Waals surface area contributed by atoms with E-state index in [9.17, 15) is 20.0 Å².